The summed E-state index contributed by atoms with van der Waals surface area (Å²) in [4.78, 5) is 8.32. The summed E-state index contributed by atoms with van der Waals surface area (Å²) in [5, 5.41) is 8.95. The van der Waals surface area contributed by atoms with Crippen LogP contribution in [0.15, 0.2) is 24.3 Å². The first-order valence-corrected chi connectivity index (χ1v) is 6.80. The minimum Gasteiger partial charge on any atom is -0.508 e. The Labute approximate surface area is 103 Å². The molecule has 0 aliphatic rings. The van der Waals surface area contributed by atoms with E-state index in [0.717, 1.165) is 5.56 Å². The molecule has 5 heteroatoms. The summed E-state index contributed by atoms with van der Waals surface area (Å²) in [7, 11) is -2.50. The zero-order chi connectivity index (χ0) is 13.1. The van der Waals surface area contributed by atoms with E-state index in [0.29, 0.717) is 6.42 Å². The lowest BCUT2D eigenvalue weighted by molar-refractivity contribution is 0.285. The van der Waals surface area contributed by atoms with E-state index in [1.807, 2.05) is 0 Å². The molecular weight excluding hydrogens is 239 g/mol. The first-order chi connectivity index (χ1) is 8.10. The van der Waals surface area contributed by atoms with Gasteiger partial charge >= 0.3 is 8.25 Å². The lowest BCUT2D eigenvalue weighted by Crippen LogP contribution is -1.92. The molecule has 0 aliphatic heterocycles. The van der Waals surface area contributed by atoms with E-state index in [1.165, 1.54) is 12.8 Å². The molecular formula is C12H20O4P+. The fourth-order valence-corrected chi connectivity index (χ4v) is 1.15. The van der Waals surface area contributed by atoms with Crippen molar-refractivity contribution < 1.29 is 19.1 Å². The molecule has 0 amide bonds. The highest BCUT2D eigenvalue weighted by Gasteiger charge is 2.10. The predicted octanol–water partition coefficient (Wildman–Crippen LogP) is 3.41. The molecule has 0 heterocycles. The standard InChI is InChI=1S/C8H9O4P.C4H10/c9-8-3-1-7(2-4-8)5-6-12-13(10)11;1-3-4-2/h1-4H,5-6H2,(H-,9,10,11);3-4H2,1-2H3/p+1. The van der Waals surface area contributed by atoms with Gasteiger partial charge in [0.15, 0.2) is 0 Å². The number of phenolic OH excluding ortho intramolecular Hbond substituents is 1. The highest BCUT2D eigenvalue weighted by atomic mass is 31.1. The van der Waals surface area contributed by atoms with Crippen molar-refractivity contribution in [3.8, 4) is 5.75 Å². The third-order valence-corrected chi connectivity index (χ3v) is 2.43. The third kappa shape index (κ3) is 9.94. The smallest absolute Gasteiger partial charge is 0.508 e. The fraction of sp³-hybridized carbons (Fsp3) is 0.500. The summed E-state index contributed by atoms with van der Waals surface area (Å²) in [6, 6.07) is 6.61. The lowest BCUT2D eigenvalue weighted by atomic mass is 10.2. The van der Waals surface area contributed by atoms with Gasteiger partial charge in [-0.05, 0) is 17.7 Å². The van der Waals surface area contributed by atoms with Crippen molar-refractivity contribution in [2.45, 2.75) is 33.1 Å². The summed E-state index contributed by atoms with van der Waals surface area (Å²) in [6.45, 7) is 4.57. The van der Waals surface area contributed by atoms with Gasteiger partial charge in [0.25, 0.3) is 0 Å². The second-order valence-electron chi connectivity index (χ2n) is 3.49. The molecule has 1 atom stereocenters. The Morgan fingerprint density at radius 2 is 1.71 bits per heavy atom. The average Bonchev–Trinajstić information content (AvgIpc) is 2.32. The highest BCUT2D eigenvalue weighted by Crippen LogP contribution is 2.15. The summed E-state index contributed by atoms with van der Waals surface area (Å²) in [6.07, 6.45) is 3.20. The van der Waals surface area contributed by atoms with Crippen LogP contribution in [0.1, 0.15) is 32.3 Å². The molecule has 2 N–H and O–H groups in total. The summed E-state index contributed by atoms with van der Waals surface area (Å²) < 4.78 is 14.6. The predicted molar refractivity (Wildman–Crippen MR) is 68.2 cm³/mol. The summed E-state index contributed by atoms with van der Waals surface area (Å²) >= 11 is 0. The molecule has 0 fully saturated rings. The van der Waals surface area contributed by atoms with Crippen LogP contribution in [0.4, 0.5) is 0 Å². The van der Waals surface area contributed by atoms with E-state index >= 15 is 0 Å². The van der Waals surface area contributed by atoms with Crippen LogP contribution in [-0.2, 0) is 15.5 Å². The number of phenols is 1. The molecule has 0 aromatic heterocycles. The number of rotatable bonds is 5. The second kappa shape index (κ2) is 10.2. The average molecular weight is 259 g/mol. The van der Waals surface area contributed by atoms with Crippen LogP contribution in [0.3, 0.4) is 0 Å². The molecule has 0 aliphatic carbocycles. The minimum absolute atomic E-state index is 0.205. The zero-order valence-corrected chi connectivity index (χ0v) is 11.2. The van der Waals surface area contributed by atoms with Crippen molar-refractivity contribution in [1.82, 2.24) is 0 Å². The van der Waals surface area contributed by atoms with Crippen LogP contribution in [0.25, 0.3) is 0 Å². The van der Waals surface area contributed by atoms with Gasteiger partial charge in [0.05, 0.1) is 0 Å². The van der Waals surface area contributed by atoms with Crippen LogP contribution >= 0.6 is 8.25 Å². The lowest BCUT2D eigenvalue weighted by Gasteiger charge is -1.96. The van der Waals surface area contributed by atoms with Gasteiger partial charge in [-0.15, -0.1) is 9.42 Å². The molecule has 1 unspecified atom stereocenters. The third-order valence-electron chi connectivity index (χ3n) is 2.03. The van der Waals surface area contributed by atoms with Crippen LogP contribution in [0.5, 0.6) is 5.75 Å². The van der Waals surface area contributed by atoms with E-state index in [4.69, 9.17) is 10.00 Å². The monoisotopic (exact) mass is 259 g/mol. The van der Waals surface area contributed by atoms with Crippen LogP contribution < -0.4 is 0 Å². The maximum atomic E-state index is 10.1. The van der Waals surface area contributed by atoms with Gasteiger partial charge in [-0.1, -0.05) is 38.8 Å². The number of unbranched alkanes of at least 4 members (excludes halogenated alkanes) is 1. The molecule has 0 bridgehead atoms. The normalized spacial score (nSPS) is 10.4. The first kappa shape index (κ1) is 16.0. The topological polar surface area (TPSA) is 66.8 Å². The Morgan fingerprint density at radius 3 is 2.12 bits per heavy atom. The second-order valence-corrected chi connectivity index (χ2v) is 4.22. The summed E-state index contributed by atoms with van der Waals surface area (Å²) in [5.41, 5.74) is 0.953. The Hall–Kier alpha value is -0.960. The van der Waals surface area contributed by atoms with Gasteiger partial charge < -0.3 is 5.11 Å². The Balaban J connectivity index is 0.000000557. The quantitative estimate of drug-likeness (QED) is 0.795. The van der Waals surface area contributed by atoms with Gasteiger partial charge in [-0.3, -0.25) is 0 Å². The van der Waals surface area contributed by atoms with E-state index < -0.39 is 8.25 Å². The van der Waals surface area contributed by atoms with Crippen molar-refractivity contribution in [3.63, 3.8) is 0 Å². The van der Waals surface area contributed by atoms with Crippen molar-refractivity contribution in [3.05, 3.63) is 29.8 Å². The first-order valence-electron chi connectivity index (χ1n) is 5.67. The maximum Gasteiger partial charge on any atom is 0.694 e. The van der Waals surface area contributed by atoms with Crippen molar-refractivity contribution in [2.75, 3.05) is 6.61 Å². The van der Waals surface area contributed by atoms with Gasteiger partial charge in [-0.2, -0.15) is 0 Å². The molecule has 4 nitrogen and oxygen atoms in total. The van der Waals surface area contributed by atoms with E-state index in [9.17, 15) is 4.57 Å². The number of benzene rings is 1. The largest absolute Gasteiger partial charge is 0.694 e. The molecule has 1 rings (SSSR count). The minimum atomic E-state index is -2.50. The van der Waals surface area contributed by atoms with E-state index in [2.05, 4.69) is 18.4 Å². The van der Waals surface area contributed by atoms with Crippen molar-refractivity contribution in [2.24, 2.45) is 0 Å². The molecule has 0 saturated heterocycles. The van der Waals surface area contributed by atoms with Gasteiger partial charge in [0, 0.05) is 11.0 Å². The highest BCUT2D eigenvalue weighted by molar-refractivity contribution is 7.32. The molecule has 17 heavy (non-hydrogen) atoms. The van der Waals surface area contributed by atoms with Gasteiger partial charge in [0.1, 0.15) is 12.4 Å². The van der Waals surface area contributed by atoms with E-state index in [1.54, 1.807) is 24.3 Å². The Morgan fingerprint density at radius 1 is 1.18 bits per heavy atom. The number of hydrogen-bond acceptors (Lipinski definition) is 3. The molecule has 0 spiro atoms. The van der Waals surface area contributed by atoms with Gasteiger partial charge in [-0.25, -0.2) is 0 Å². The van der Waals surface area contributed by atoms with Crippen LogP contribution in [0, 0.1) is 0 Å². The fourth-order valence-electron chi connectivity index (χ4n) is 0.904. The molecule has 0 saturated carbocycles. The maximum absolute atomic E-state index is 10.1. The van der Waals surface area contributed by atoms with Crippen LogP contribution in [0.2, 0.25) is 0 Å². The molecule has 96 valence electrons. The van der Waals surface area contributed by atoms with Gasteiger partial charge in [0.2, 0.25) is 0 Å². The molecule has 1 aromatic carbocycles. The Kier molecular flexibility index (Phi) is 9.63. The SMILES string of the molecule is CCCC.O=[P+](O)OCCc1ccc(O)cc1. The van der Waals surface area contributed by atoms with E-state index in [-0.39, 0.29) is 12.4 Å². The Bertz CT molecular complexity index is 309. The molecule has 0 radical (unpaired) electrons. The molecule has 1 aromatic rings. The zero-order valence-electron chi connectivity index (χ0n) is 10.3. The van der Waals surface area contributed by atoms with Crippen molar-refractivity contribution in [1.29, 1.82) is 0 Å². The number of hydrogen-bond donors (Lipinski definition) is 2. The van der Waals surface area contributed by atoms with Crippen molar-refractivity contribution >= 4 is 8.25 Å². The number of aromatic hydroxyl groups is 1. The van der Waals surface area contributed by atoms with Crippen LogP contribution in [-0.4, -0.2) is 16.6 Å². The summed E-state index contributed by atoms with van der Waals surface area (Å²) in [5.74, 6) is 0.206.